The van der Waals surface area contributed by atoms with Crippen molar-refractivity contribution in [3.05, 3.63) is 120 Å². The molecule has 9 aromatic rings. The van der Waals surface area contributed by atoms with E-state index in [1.165, 1.54) is 32.0 Å². The molecule has 4 heteroatoms. The fraction of sp³-hybridized carbons (Fsp3) is 0.0952. The largest absolute Gasteiger partial charge is 0.455 e. The molecule has 4 nitrogen and oxygen atoms in total. The first kappa shape index (κ1) is 26.6. The van der Waals surface area contributed by atoms with Crippen molar-refractivity contribution in [1.82, 2.24) is 9.97 Å². The molecule has 220 valence electrons. The summed E-state index contributed by atoms with van der Waals surface area (Å²) in [5.41, 5.74) is 9.03. The van der Waals surface area contributed by atoms with Crippen molar-refractivity contribution in [3.63, 3.8) is 0 Å². The smallest absolute Gasteiger partial charge is 0.180 e. The summed E-state index contributed by atoms with van der Waals surface area (Å²) in [7, 11) is 0. The number of para-hydroxylation sites is 1. The van der Waals surface area contributed by atoms with Crippen LogP contribution in [0, 0.1) is 0 Å². The Bertz CT molecular complexity index is 2720. The van der Waals surface area contributed by atoms with E-state index in [4.69, 9.17) is 18.8 Å². The van der Waals surface area contributed by atoms with Gasteiger partial charge in [0.15, 0.2) is 11.4 Å². The number of hydrogen-bond donors (Lipinski definition) is 0. The van der Waals surface area contributed by atoms with E-state index in [0.29, 0.717) is 11.4 Å². The predicted octanol–water partition coefficient (Wildman–Crippen LogP) is 10.2. The van der Waals surface area contributed by atoms with Crippen LogP contribution in [0.5, 0.6) is 0 Å². The average Bonchev–Trinajstić information content (AvgIpc) is 3.71. The van der Waals surface area contributed by atoms with Crippen molar-refractivity contribution < 1.29 is 8.83 Å². The molecule has 0 bridgehead atoms. The quantitative estimate of drug-likeness (QED) is 0.191. The van der Waals surface area contributed by atoms with Gasteiger partial charge < -0.3 is 8.83 Å². The third-order valence-electron chi connectivity index (χ3n) is 9.08. The van der Waals surface area contributed by atoms with E-state index >= 15 is 0 Å². The van der Waals surface area contributed by atoms with Gasteiger partial charge in [-0.1, -0.05) is 105 Å². The molecule has 0 amide bonds. The summed E-state index contributed by atoms with van der Waals surface area (Å²) < 4.78 is 13.0. The van der Waals surface area contributed by atoms with Gasteiger partial charge in [-0.2, -0.15) is 0 Å². The lowest BCUT2D eigenvalue weighted by Crippen LogP contribution is -2.28. The van der Waals surface area contributed by atoms with Gasteiger partial charge in [-0.05, 0) is 69.9 Å². The first-order chi connectivity index (χ1) is 22.8. The minimum atomic E-state index is 0.660. The zero-order valence-corrected chi connectivity index (χ0v) is 25.7. The maximum Gasteiger partial charge on any atom is 0.180 e. The lowest BCUT2D eigenvalue weighted by atomic mass is 9.92. The maximum atomic E-state index is 6.67. The molecule has 0 atom stereocenters. The van der Waals surface area contributed by atoms with Gasteiger partial charge in [-0.15, -0.1) is 0 Å². The van der Waals surface area contributed by atoms with E-state index in [2.05, 4.69) is 84.9 Å². The molecule has 10 rings (SSSR count). The van der Waals surface area contributed by atoms with Crippen molar-refractivity contribution in [3.8, 4) is 33.8 Å². The van der Waals surface area contributed by atoms with E-state index in [0.717, 1.165) is 68.4 Å². The molecule has 1 aliphatic rings. The van der Waals surface area contributed by atoms with Crippen molar-refractivity contribution >= 4 is 66.9 Å². The Labute approximate surface area is 265 Å². The van der Waals surface area contributed by atoms with Gasteiger partial charge in [-0.25, -0.2) is 9.97 Å². The van der Waals surface area contributed by atoms with Crippen molar-refractivity contribution in [2.75, 3.05) is 0 Å². The van der Waals surface area contributed by atoms with Crippen LogP contribution in [0.3, 0.4) is 0 Å². The number of benzene rings is 6. The van der Waals surface area contributed by atoms with Crippen LogP contribution in [-0.2, 0) is 0 Å². The SMILES string of the molecule is C1=c2c(c3ccc(-c4cccc(-c5nc(-c6ccccc6)c6oc7ccccc7c6n5)c4)c4oc5cccc2c5c43)=CCC1.CC. The van der Waals surface area contributed by atoms with Gasteiger partial charge in [0, 0.05) is 32.8 Å². The van der Waals surface area contributed by atoms with Gasteiger partial charge in [0.2, 0.25) is 0 Å². The Morgan fingerprint density at radius 3 is 2.02 bits per heavy atom. The first-order valence-electron chi connectivity index (χ1n) is 16.1. The number of nitrogens with zero attached hydrogens (tertiary/aromatic N) is 2. The zero-order valence-electron chi connectivity index (χ0n) is 25.7. The summed E-state index contributed by atoms with van der Waals surface area (Å²) in [6.07, 6.45) is 6.91. The molecule has 1 aliphatic carbocycles. The number of aromatic nitrogens is 2. The van der Waals surface area contributed by atoms with E-state index in [1.54, 1.807) is 0 Å². The average molecular weight is 595 g/mol. The molecule has 0 fully saturated rings. The summed E-state index contributed by atoms with van der Waals surface area (Å²) in [4.78, 5) is 10.2. The molecule has 0 saturated carbocycles. The summed E-state index contributed by atoms with van der Waals surface area (Å²) in [6, 6.07) is 37.6. The van der Waals surface area contributed by atoms with E-state index < -0.39 is 0 Å². The van der Waals surface area contributed by atoms with Crippen LogP contribution in [0.1, 0.15) is 26.7 Å². The first-order valence-corrected chi connectivity index (χ1v) is 16.1. The molecule has 0 saturated heterocycles. The molecule has 3 aromatic heterocycles. The predicted molar refractivity (Wildman–Crippen MR) is 190 cm³/mol. The second-order valence-corrected chi connectivity index (χ2v) is 11.6. The maximum absolute atomic E-state index is 6.67. The number of fused-ring (bicyclic) bond motifs is 6. The fourth-order valence-corrected chi connectivity index (χ4v) is 7.12. The monoisotopic (exact) mass is 594 g/mol. The Balaban J connectivity index is 0.00000143. The Morgan fingerprint density at radius 2 is 1.17 bits per heavy atom. The lowest BCUT2D eigenvalue weighted by Gasteiger charge is -2.11. The molecule has 0 radical (unpaired) electrons. The van der Waals surface area contributed by atoms with E-state index in [-0.39, 0.29) is 0 Å². The molecule has 3 heterocycles. The van der Waals surface area contributed by atoms with Gasteiger partial charge in [0.25, 0.3) is 0 Å². The van der Waals surface area contributed by atoms with Crippen LogP contribution in [-0.4, -0.2) is 9.97 Å². The van der Waals surface area contributed by atoms with E-state index in [1.807, 2.05) is 50.2 Å². The number of furan rings is 2. The highest BCUT2D eigenvalue weighted by Crippen LogP contribution is 2.41. The Morgan fingerprint density at radius 1 is 0.522 bits per heavy atom. The summed E-state index contributed by atoms with van der Waals surface area (Å²) >= 11 is 0. The third kappa shape index (κ3) is 3.86. The normalized spacial score (nSPS) is 12.7. The van der Waals surface area contributed by atoms with Crippen LogP contribution in [0.25, 0.3) is 101 Å². The second-order valence-electron chi connectivity index (χ2n) is 11.6. The summed E-state index contributed by atoms with van der Waals surface area (Å²) in [5, 5.41) is 8.59. The highest BCUT2D eigenvalue weighted by Gasteiger charge is 2.21. The second kappa shape index (κ2) is 10.4. The lowest BCUT2D eigenvalue weighted by molar-refractivity contribution is 0.667. The van der Waals surface area contributed by atoms with Crippen LogP contribution < -0.4 is 10.4 Å². The number of hydrogen-bond acceptors (Lipinski definition) is 4. The van der Waals surface area contributed by atoms with Gasteiger partial charge >= 0.3 is 0 Å². The van der Waals surface area contributed by atoms with Gasteiger partial charge in [0.05, 0.1) is 0 Å². The van der Waals surface area contributed by atoms with Crippen LogP contribution in [0.4, 0.5) is 0 Å². The highest BCUT2D eigenvalue weighted by molar-refractivity contribution is 6.24. The molecule has 0 N–H and O–H groups in total. The number of rotatable bonds is 3. The molecular weight excluding hydrogens is 564 g/mol. The van der Waals surface area contributed by atoms with Crippen LogP contribution >= 0.6 is 0 Å². The minimum Gasteiger partial charge on any atom is -0.455 e. The minimum absolute atomic E-state index is 0.660. The summed E-state index contributed by atoms with van der Waals surface area (Å²) in [6.45, 7) is 4.00. The fourth-order valence-electron chi connectivity index (χ4n) is 7.12. The van der Waals surface area contributed by atoms with Crippen molar-refractivity contribution in [2.45, 2.75) is 26.7 Å². The van der Waals surface area contributed by atoms with Crippen LogP contribution in [0.15, 0.2) is 118 Å². The summed E-state index contributed by atoms with van der Waals surface area (Å²) in [5.74, 6) is 0.660. The van der Waals surface area contributed by atoms with E-state index in [9.17, 15) is 0 Å². The van der Waals surface area contributed by atoms with Crippen molar-refractivity contribution in [1.29, 1.82) is 0 Å². The molecule has 0 aliphatic heterocycles. The zero-order chi connectivity index (χ0) is 30.8. The Hall–Kier alpha value is -5.74. The topological polar surface area (TPSA) is 52.1 Å². The van der Waals surface area contributed by atoms with Crippen molar-refractivity contribution in [2.24, 2.45) is 0 Å². The third-order valence-corrected chi connectivity index (χ3v) is 9.08. The molecule has 6 aromatic carbocycles. The molecular formula is C42H30N2O2. The molecule has 0 spiro atoms. The van der Waals surface area contributed by atoms with Gasteiger partial charge in [-0.3, -0.25) is 0 Å². The molecule has 0 unspecified atom stereocenters. The standard InChI is InChI=1S/C40H24N2O2.C2H6/c1-2-10-23(11-3-1)36-39-37(31-16-6-7-18-32(31)43-39)42-40(41-36)25-13-8-12-24(22-25)26-20-21-30-28-15-5-4-14-27(28)29-17-9-19-33-34(29)35(30)38(26)44-33;1-2/h1-3,6-22H,4-5H2;1-2H3. The Kier molecular flexibility index (Phi) is 6.04. The highest BCUT2D eigenvalue weighted by atomic mass is 16.3. The van der Waals surface area contributed by atoms with Crippen LogP contribution in [0.2, 0.25) is 0 Å². The molecule has 46 heavy (non-hydrogen) atoms. The van der Waals surface area contributed by atoms with Gasteiger partial charge in [0.1, 0.15) is 28.0 Å².